The standard InChI is InChI=1S/C21H30N2O2/c24-21-7-6-18-16-22(19-10-14-25-15-11-19)12-9-20(18)23(21)13-8-17-4-2-1-3-5-17/h1-5,18-20H,6-16H2/t18-,20+/m1/s1. The van der Waals surface area contributed by atoms with Gasteiger partial charge >= 0.3 is 0 Å². The summed E-state index contributed by atoms with van der Waals surface area (Å²) in [5.74, 6) is 1.03. The Labute approximate surface area is 151 Å². The van der Waals surface area contributed by atoms with Gasteiger partial charge in [0.2, 0.25) is 5.91 Å². The topological polar surface area (TPSA) is 32.8 Å². The molecule has 2 atom stereocenters. The van der Waals surface area contributed by atoms with E-state index < -0.39 is 0 Å². The summed E-state index contributed by atoms with van der Waals surface area (Å²) in [5.41, 5.74) is 1.33. The predicted octanol–water partition coefficient (Wildman–Crippen LogP) is 2.72. The second-order valence-corrected chi connectivity index (χ2v) is 7.82. The Morgan fingerprint density at radius 1 is 1.04 bits per heavy atom. The predicted molar refractivity (Wildman–Crippen MR) is 98.4 cm³/mol. The molecule has 3 saturated heterocycles. The second kappa shape index (κ2) is 7.88. The van der Waals surface area contributed by atoms with Gasteiger partial charge in [-0.2, -0.15) is 0 Å². The van der Waals surface area contributed by atoms with Crippen LogP contribution in [0.4, 0.5) is 0 Å². The van der Waals surface area contributed by atoms with Crippen LogP contribution in [0.1, 0.15) is 37.7 Å². The molecule has 136 valence electrons. The number of hydrogen-bond donors (Lipinski definition) is 0. The van der Waals surface area contributed by atoms with E-state index in [2.05, 4.69) is 40.1 Å². The van der Waals surface area contributed by atoms with Crippen LogP contribution in [-0.4, -0.2) is 60.6 Å². The lowest BCUT2D eigenvalue weighted by atomic mass is 9.82. The molecule has 0 aromatic heterocycles. The van der Waals surface area contributed by atoms with Crippen LogP contribution in [0.3, 0.4) is 0 Å². The Morgan fingerprint density at radius 3 is 2.64 bits per heavy atom. The Balaban J connectivity index is 1.37. The van der Waals surface area contributed by atoms with Crippen LogP contribution >= 0.6 is 0 Å². The molecular formula is C21H30N2O2. The van der Waals surface area contributed by atoms with E-state index in [0.717, 1.165) is 52.0 Å². The number of ether oxygens (including phenoxy) is 1. The minimum absolute atomic E-state index is 0.372. The van der Waals surface area contributed by atoms with Crippen molar-refractivity contribution in [3.05, 3.63) is 35.9 Å². The number of carbonyl (C=O) groups is 1. The first-order valence-corrected chi connectivity index (χ1v) is 9.96. The largest absolute Gasteiger partial charge is 0.381 e. The summed E-state index contributed by atoms with van der Waals surface area (Å²) in [6.45, 7) is 5.01. The Hall–Kier alpha value is -1.39. The first kappa shape index (κ1) is 17.0. The van der Waals surface area contributed by atoms with Gasteiger partial charge in [-0.3, -0.25) is 9.69 Å². The number of fused-ring (bicyclic) bond motifs is 1. The summed E-state index contributed by atoms with van der Waals surface area (Å²) in [7, 11) is 0. The molecule has 3 aliphatic heterocycles. The average molecular weight is 342 g/mol. The normalized spacial score (nSPS) is 28.8. The lowest BCUT2D eigenvalue weighted by Crippen LogP contribution is -2.58. The monoisotopic (exact) mass is 342 g/mol. The fourth-order valence-corrected chi connectivity index (χ4v) is 4.95. The first-order chi connectivity index (χ1) is 12.3. The van der Waals surface area contributed by atoms with Gasteiger partial charge in [0.25, 0.3) is 0 Å². The molecule has 4 nitrogen and oxygen atoms in total. The Kier molecular flexibility index (Phi) is 5.37. The third kappa shape index (κ3) is 3.90. The molecule has 0 bridgehead atoms. The fourth-order valence-electron chi connectivity index (χ4n) is 4.95. The molecule has 3 heterocycles. The average Bonchev–Trinajstić information content (AvgIpc) is 2.68. The number of likely N-dealkylation sites (tertiary alicyclic amines) is 2. The highest BCUT2D eigenvalue weighted by atomic mass is 16.5. The van der Waals surface area contributed by atoms with E-state index in [0.29, 0.717) is 23.9 Å². The van der Waals surface area contributed by atoms with Crippen molar-refractivity contribution in [2.24, 2.45) is 5.92 Å². The van der Waals surface area contributed by atoms with Gasteiger partial charge in [0.05, 0.1) is 0 Å². The van der Waals surface area contributed by atoms with Crippen LogP contribution in [-0.2, 0) is 16.0 Å². The summed E-state index contributed by atoms with van der Waals surface area (Å²) >= 11 is 0. The van der Waals surface area contributed by atoms with Crippen LogP contribution < -0.4 is 0 Å². The quantitative estimate of drug-likeness (QED) is 0.843. The van der Waals surface area contributed by atoms with E-state index in [1.807, 2.05) is 0 Å². The molecule has 1 aromatic carbocycles. The SMILES string of the molecule is O=C1CC[C@@H]2CN(C3CCOCC3)CC[C@@H]2N1CCc1ccccc1. The second-order valence-electron chi connectivity index (χ2n) is 7.82. The van der Waals surface area contributed by atoms with E-state index >= 15 is 0 Å². The van der Waals surface area contributed by atoms with Crippen LogP contribution in [0.2, 0.25) is 0 Å². The number of hydrogen-bond acceptors (Lipinski definition) is 3. The van der Waals surface area contributed by atoms with Gasteiger partial charge in [0, 0.05) is 51.4 Å². The van der Waals surface area contributed by atoms with Gasteiger partial charge < -0.3 is 9.64 Å². The highest BCUT2D eigenvalue weighted by Gasteiger charge is 2.40. The first-order valence-electron chi connectivity index (χ1n) is 9.96. The van der Waals surface area contributed by atoms with Crippen LogP contribution in [0.5, 0.6) is 0 Å². The van der Waals surface area contributed by atoms with Gasteiger partial charge in [-0.1, -0.05) is 30.3 Å². The van der Waals surface area contributed by atoms with Gasteiger partial charge in [0.1, 0.15) is 0 Å². The summed E-state index contributed by atoms with van der Waals surface area (Å²) in [4.78, 5) is 17.4. The van der Waals surface area contributed by atoms with Crippen LogP contribution in [0.25, 0.3) is 0 Å². The number of amides is 1. The van der Waals surface area contributed by atoms with Crippen molar-refractivity contribution in [1.82, 2.24) is 9.80 Å². The zero-order valence-electron chi connectivity index (χ0n) is 15.1. The minimum atomic E-state index is 0.372. The molecule has 3 fully saturated rings. The zero-order chi connectivity index (χ0) is 17.1. The molecule has 3 aliphatic rings. The highest BCUT2D eigenvalue weighted by molar-refractivity contribution is 5.77. The molecule has 0 radical (unpaired) electrons. The summed E-state index contributed by atoms with van der Waals surface area (Å²) in [5, 5.41) is 0. The summed E-state index contributed by atoms with van der Waals surface area (Å²) in [6.07, 6.45) is 6.27. The third-order valence-corrected chi connectivity index (χ3v) is 6.37. The van der Waals surface area contributed by atoms with Crippen LogP contribution in [0.15, 0.2) is 30.3 Å². The number of piperidine rings is 2. The van der Waals surface area contributed by atoms with Crippen molar-refractivity contribution < 1.29 is 9.53 Å². The zero-order valence-corrected chi connectivity index (χ0v) is 15.1. The molecule has 1 amide bonds. The fraction of sp³-hybridized carbons (Fsp3) is 0.667. The molecule has 0 aliphatic carbocycles. The lowest BCUT2D eigenvalue weighted by molar-refractivity contribution is -0.141. The van der Waals surface area contributed by atoms with Gasteiger partial charge in [-0.05, 0) is 43.6 Å². The molecule has 4 rings (SSSR count). The summed E-state index contributed by atoms with van der Waals surface area (Å²) < 4.78 is 5.52. The molecule has 1 aromatic rings. The number of benzene rings is 1. The van der Waals surface area contributed by atoms with Crippen molar-refractivity contribution in [2.45, 2.75) is 50.6 Å². The Morgan fingerprint density at radius 2 is 1.84 bits per heavy atom. The molecule has 25 heavy (non-hydrogen) atoms. The number of nitrogens with zero attached hydrogens (tertiary/aromatic N) is 2. The maximum absolute atomic E-state index is 12.5. The van der Waals surface area contributed by atoms with Crippen molar-refractivity contribution in [1.29, 1.82) is 0 Å². The van der Waals surface area contributed by atoms with Crippen LogP contribution in [0, 0.1) is 5.92 Å². The van der Waals surface area contributed by atoms with Crippen molar-refractivity contribution in [3.63, 3.8) is 0 Å². The molecule has 0 unspecified atom stereocenters. The van der Waals surface area contributed by atoms with E-state index in [1.54, 1.807) is 0 Å². The lowest BCUT2D eigenvalue weighted by Gasteiger charge is -2.49. The highest BCUT2D eigenvalue weighted by Crippen LogP contribution is 2.33. The van der Waals surface area contributed by atoms with Gasteiger partial charge in [-0.15, -0.1) is 0 Å². The molecule has 0 spiro atoms. The Bertz CT molecular complexity index is 571. The van der Waals surface area contributed by atoms with Crippen molar-refractivity contribution in [3.8, 4) is 0 Å². The van der Waals surface area contributed by atoms with E-state index in [1.165, 1.54) is 24.9 Å². The maximum atomic E-state index is 12.5. The minimum Gasteiger partial charge on any atom is -0.381 e. The summed E-state index contributed by atoms with van der Waals surface area (Å²) in [6, 6.07) is 11.7. The number of carbonyl (C=O) groups excluding carboxylic acids is 1. The van der Waals surface area contributed by atoms with E-state index in [4.69, 9.17) is 4.74 Å². The van der Waals surface area contributed by atoms with Gasteiger partial charge in [0.15, 0.2) is 0 Å². The molecule has 0 N–H and O–H groups in total. The number of rotatable bonds is 4. The molecular weight excluding hydrogens is 312 g/mol. The smallest absolute Gasteiger partial charge is 0.222 e. The van der Waals surface area contributed by atoms with Crippen molar-refractivity contribution in [2.75, 3.05) is 32.8 Å². The van der Waals surface area contributed by atoms with E-state index in [9.17, 15) is 4.79 Å². The van der Waals surface area contributed by atoms with Gasteiger partial charge in [-0.25, -0.2) is 0 Å². The maximum Gasteiger partial charge on any atom is 0.222 e. The molecule has 4 heteroatoms. The molecule has 0 saturated carbocycles. The third-order valence-electron chi connectivity index (χ3n) is 6.37. The van der Waals surface area contributed by atoms with Crippen molar-refractivity contribution >= 4 is 5.91 Å². The van der Waals surface area contributed by atoms with E-state index in [-0.39, 0.29) is 0 Å².